The van der Waals surface area contributed by atoms with Crippen molar-refractivity contribution in [2.45, 2.75) is 25.8 Å². The molecule has 0 saturated carbocycles. The van der Waals surface area contributed by atoms with Crippen molar-refractivity contribution in [3.05, 3.63) is 34.9 Å². The molecule has 27 heavy (non-hydrogen) atoms. The minimum Gasteiger partial charge on any atom is -0.463 e. The SMILES string of the molecule is Cc1cccc2c1C(=O)N(C1CCC(=O)N(CCOC(=O)CN)C1=O)C2=O. The zero-order valence-electron chi connectivity index (χ0n) is 14.8. The fourth-order valence-electron chi connectivity index (χ4n) is 3.36. The largest absolute Gasteiger partial charge is 0.463 e. The van der Waals surface area contributed by atoms with E-state index in [9.17, 15) is 24.0 Å². The lowest BCUT2D eigenvalue weighted by atomic mass is 10.0. The Labute approximate surface area is 155 Å². The molecule has 142 valence electrons. The lowest BCUT2D eigenvalue weighted by molar-refractivity contribution is -0.155. The summed E-state index contributed by atoms with van der Waals surface area (Å²) in [6, 6.07) is 3.88. The van der Waals surface area contributed by atoms with Gasteiger partial charge in [-0.1, -0.05) is 12.1 Å². The van der Waals surface area contributed by atoms with Crippen LogP contribution < -0.4 is 5.73 Å². The van der Waals surface area contributed by atoms with E-state index < -0.39 is 35.6 Å². The average Bonchev–Trinajstić information content (AvgIpc) is 2.90. The zero-order chi connectivity index (χ0) is 19.7. The molecule has 2 aliphatic rings. The number of likely N-dealkylation sites (tertiary alicyclic amines) is 1. The van der Waals surface area contributed by atoms with Gasteiger partial charge in [-0.25, -0.2) is 0 Å². The van der Waals surface area contributed by atoms with E-state index in [1.807, 2.05) is 0 Å². The summed E-state index contributed by atoms with van der Waals surface area (Å²) in [4.78, 5) is 63.3. The molecule has 1 fully saturated rings. The van der Waals surface area contributed by atoms with E-state index in [1.165, 1.54) is 0 Å². The molecule has 0 spiro atoms. The molecule has 0 bridgehead atoms. The molecule has 0 aliphatic carbocycles. The van der Waals surface area contributed by atoms with Crippen LogP contribution in [0.2, 0.25) is 0 Å². The van der Waals surface area contributed by atoms with Crippen LogP contribution in [-0.4, -0.2) is 65.1 Å². The van der Waals surface area contributed by atoms with E-state index in [0.29, 0.717) is 5.56 Å². The third-order valence-corrected chi connectivity index (χ3v) is 4.69. The number of esters is 1. The molecule has 2 N–H and O–H groups in total. The predicted molar refractivity (Wildman–Crippen MR) is 91.4 cm³/mol. The number of hydrogen-bond acceptors (Lipinski definition) is 7. The highest BCUT2D eigenvalue weighted by Crippen LogP contribution is 2.30. The lowest BCUT2D eigenvalue weighted by Gasteiger charge is -2.34. The van der Waals surface area contributed by atoms with Gasteiger partial charge in [-0.15, -0.1) is 0 Å². The van der Waals surface area contributed by atoms with Crippen LogP contribution in [0.25, 0.3) is 0 Å². The molecule has 1 aromatic carbocycles. The summed E-state index contributed by atoms with van der Waals surface area (Å²) in [5.74, 6) is -2.81. The highest BCUT2D eigenvalue weighted by molar-refractivity contribution is 6.24. The summed E-state index contributed by atoms with van der Waals surface area (Å²) in [6.45, 7) is 1.07. The van der Waals surface area contributed by atoms with Gasteiger partial charge >= 0.3 is 5.97 Å². The van der Waals surface area contributed by atoms with E-state index in [0.717, 1.165) is 9.80 Å². The van der Waals surface area contributed by atoms with Crippen molar-refractivity contribution in [3.8, 4) is 0 Å². The Morgan fingerprint density at radius 3 is 2.63 bits per heavy atom. The van der Waals surface area contributed by atoms with Crippen molar-refractivity contribution in [1.29, 1.82) is 0 Å². The fraction of sp³-hybridized carbons (Fsp3) is 0.389. The first-order chi connectivity index (χ1) is 12.9. The van der Waals surface area contributed by atoms with Gasteiger partial charge in [0.25, 0.3) is 17.7 Å². The van der Waals surface area contributed by atoms with Crippen molar-refractivity contribution in [2.75, 3.05) is 19.7 Å². The molecule has 1 saturated heterocycles. The predicted octanol–water partition coefficient (Wildman–Crippen LogP) is -0.389. The number of carbonyl (C=O) groups is 5. The van der Waals surface area contributed by atoms with Crippen molar-refractivity contribution >= 4 is 29.6 Å². The van der Waals surface area contributed by atoms with Crippen LogP contribution in [0.3, 0.4) is 0 Å². The van der Waals surface area contributed by atoms with Crippen LogP contribution in [-0.2, 0) is 19.1 Å². The number of rotatable bonds is 5. The Morgan fingerprint density at radius 1 is 1.22 bits per heavy atom. The van der Waals surface area contributed by atoms with Gasteiger partial charge in [0.15, 0.2) is 0 Å². The van der Waals surface area contributed by atoms with Crippen molar-refractivity contribution in [2.24, 2.45) is 5.73 Å². The monoisotopic (exact) mass is 373 g/mol. The van der Waals surface area contributed by atoms with Crippen LogP contribution in [0.1, 0.15) is 39.1 Å². The lowest BCUT2D eigenvalue weighted by Crippen LogP contribution is -2.56. The molecule has 9 heteroatoms. The molecular weight excluding hydrogens is 354 g/mol. The highest BCUT2D eigenvalue weighted by Gasteiger charge is 2.47. The number of benzene rings is 1. The Hall–Kier alpha value is -3.07. The van der Waals surface area contributed by atoms with Crippen molar-refractivity contribution < 1.29 is 28.7 Å². The first kappa shape index (κ1) is 18.7. The van der Waals surface area contributed by atoms with E-state index in [4.69, 9.17) is 10.5 Å². The summed E-state index contributed by atoms with van der Waals surface area (Å²) in [5, 5.41) is 0. The second-order valence-corrected chi connectivity index (χ2v) is 6.34. The number of amides is 4. The van der Waals surface area contributed by atoms with Gasteiger partial charge in [-0.2, -0.15) is 0 Å². The van der Waals surface area contributed by atoms with Gasteiger partial charge in [0.1, 0.15) is 12.6 Å². The molecule has 2 heterocycles. The standard InChI is InChI=1S/C18H19N3O6/c1-10-3-2-4-11-15(10)18(26)21(16(11)24)12-5-6-13(22)20(17(12)25)7-8-27-14(23)9-19/h2-4,12H,5-9,19H2,1H3. The molecule has 1 atom stereocenters. The van der Waals surface area contributed by atoms with E-state index >= 15 is 0 Å². The fourth-order valence-corrected chi connectivity index (χ4v) is 3.36. The summed E-state index contributed by atoms with van der Waals surface area (Å²) in [6.07, 6.45) is 0.0783. The summed E-state index contributed by atoms with van der Waals surface area (Å²) in [5.41, 5.74) is 6.33. The third-order valence-electron chi connectivity index (χ3n) is 4.69. The van der Waals surface area contributed by atoms with Gasteiger partial charge in [0.2, 0.25) is 5.91 Å². The summed E-state index contributed by atoms with van der Waals surface area (Å²) < 4.78 is 4.80. The third kappa shape index (κ3) is 3.21. The van der Waals surface area contributed by atoms with Crippen LogP contribution in [0.15, 0.2) is 18.2 Å². The Morgan fingerprint density at radius 2 is 1.96 bits per heavy atom. The Kier molecular flexibility index (Phi) is 5.04. The average molecular weight is 373 g/mol. The number of hydrogen-bond donors (Lipinski definition) is 1. The number of imide groups is 2. The number of carbonyl (C=O) groups excluding carboxylic acids is 5. The van der Waals surface area contributed by atoms with Crippen molar-refractivity contribution in [1.82, 2.24) is 9.80 Å². The maximum atomic E-state index is 12.8. The molecule has 1 unspecified atom stereocenters. The van der Waals surface area contributed by atoms with Gasteiger partial charge in [-0.05, 0) is 25.0 Å². The number of fused-ring (bicyclic) bond motifs is 1. The molecule has 1 aromatic rings. The number of ether oxygens (including phenoxy) is 1. The highest BCUT2D eigenvalue weighted by atomic mass is 16.5. The van der Waals surface area contributed by atoms with E-state index in [1.54, 1.807) is 25.1 Å². The van der Waals surface area contributed by atoms with Crippen LogP contribution in [0.4, 0.5) is 0 Å². The summed E-state index contributed by atoms with van der Waals surface area (Å²) >= 11 is 0. The number of piperidine rings is 1. The smallest absolute Gasteiger partial charge is 0.319 e. The molecule has 4 amide bonds. The van der Waals surface area contributed by atoms with E-state index in [2.05, 4.69) is 0 Å². The molecule has 0 radical (unpaired) electrons. The first-order valence-corrected chi connectivity index (χ1v) is 8.54. The first-order valence-electron chi connectivity index (χ1n) is 8.54. The van der Waals surface area contributed by atoms with Crippen molar-refractivity contribution in [3.63, 3.8) is 0 Å². The molecule has 9 nitrogen and oxygen atoms in total. The number of nitrogens with two attached hydrogens (primary N) is 1. The van der Waals surface area contributed by atoms with Crippen LogP contribution >= 0.6 is 0 Å². The normalized spacial score (nSPS) is 19.6. The molecule has 3 rings (SSSR count). The van der Waals surface area contributed by atoms with E-state index in [-0.39, 0.29) is 43.7 Å². The van der Waals surface area contributed by atoms with Crippen LogP contribution in [0.5, 0.6) is 0 Å². The Balaban J connectivity index is 1.79. The quantitative estimate of drug-likeness (QED) is 0.550. The van der Waals surface area contributed by atoms with Crippen LogP contribution in [0, 0.1) is 6.92 Å². The Bertz CT molecular complexity index is 849. The van der Waals surface area contributed by atoms with Gasteiger partial charge in [0, 0.05) is 6.42 Å². The minimum atomic E-state index is -1.06. The molecule has 2 aliphatic heterocycles. The second kappa shape index (κ2) is 7.28. The number of nitrogens with zero attached hydrogens (tertiary/aromatic N) is 2. The molecule has 0 aromatic heterocycles. The maximum absolute atomic E-state index is 12.8. The van der Waals surface area contributed by atoms with Gasteiger partial charge < -0.3 is 10.5 Å². The maximum Gasteiger partial charge on any atom is 0.319 e. The topological polar surface area (TPSA) is 127 Å². The number of aryl methyl sites for hydroxylation is 1. The second-order valence-electron chi connectivity index (χ2n) is 6.34. The summed E-state index contributed by atoms with van der Waals surface area (Å²) in [7, 11) is 0. The van der Waals surface area contributed by atoms with Gasteiger partial charge in [-0.3, -0.25) is 33.8 Å². The minimum absolute atomic E-state index is 0.00757. The zero-order valence-corrected chi connectivity index (χ0v) is 14.8. The van der Waals surface area contributed by atoms with Gasteiger partial charge in [0.05, 0.1) is 24.2 Å². The molecular formula is C18H19N3O6.